The molecular weight excluding hydrogens is 408 g/mol. The molecule has 0 bridgehead atoms. The van der Waals surface area contributed by atoms with Crippen LogP contribution in [0.1, 0.15) is 41.5 Å². The molecule has 4 rings (SSSR count). The number of benzene rings is 2. The highest BCUT2D eigenvalue weighted by Crippen LogP contribution is 2.26. The lowest BCUT2D eigenvalue weighted by Gasteiger charge is -2.28. The zero-order chi connectivity index (χ0) is 22.1. The van der Waals surface area contributed by atoms with Crippen LogP contribution in [-0.2, 0) is 24.6 Å². The molecule has 7 heteroatoms. The summed E-state index contributed by atoms with van der Waals surface area (Å²) in [5.41, 5.74) is 9.20. The third-order valence-corrected chi connectivity index (χ3v) is 8.00. The van der Waals surface area contributed by atoms with Gasteiger partial charge in [-0.2, -0.15) is 0 Å². The predicted molar refractivity (Wildman–Crippen MR) is 126 cm³/mol. The number of nitrogen functional groups attached to an aromatic ring is 1. The average molecular weight is 439 g/mol. The highest BCUT2D eigenvalue weighted by Gasteiger charge is 2.26. The summed E-state index contributed by atoms with van der Waals surface area (Å²) in [6.07, 6.45) is 2.11. The minimum atomic E-state index is -1.24. The van der Waals surface area contributed by atoms with Crippen LogP contribution < -0.4 is 11.1 Å². The van der Waals surface area contributed by atoms with Crippen LogP contribution in [0.4, 0.5) is 5.69 Å². The zero-order valence-electron chi connectivity index (χ0n) is 18.4. The van der Waals surface area contributed by atoms with Gasteiger partial charge in [0.05, 0.1) is 4.90 Å². The lowest BCUT2D eigenvalue weighted by atomic mass is 10.0. The van der Waals surface area contributed by atoms with Gasteiger partial charge in [0.1, 0.15) is 16.7 Å². The molecule has 3 N–H and O–H groups in total. The number of hydrogen-bond acceptors (Lipinski definition) is 3. The van der Waals surface area contributed by atoms with Crippen molar-refractivity contribution in [2.24, 2.45) is 13.0 Å². The Morgan fingerprint density at radius 3 is 2.55 bits per heavy atom. The minimum absolute atomic E-state index is 0.179. The molecule has 6 nitrogen and oxygen atoms in total. The summed E-state index contributed by atoms with van der Waals surface area (Å²) in [5, 5.41) is 5.04. The Balaban J connectivity index is 1.52. The minimum Gasteiger partial charge on any atom is -0.398 e. The Hall–Kier alpha value is -2.64. The summed E-state index contributed by atoms with van der Waals surface area (Å²) in [5.74, 6) is 0.498. The van der Waals surface area contributed by atoms with Crippen molar-refractivity contribution in [1.29, 1.82) is 0 Å². The third kappa shape index (κ3) is 4.25. The summed E-state index contributed by atoms with van der Waals surface area (Å²) in [7, 11) is 0.604. The van der Waals surface area contributed by atoms with Gasteiger partial charge in [0.15, 0.2) is 0 Å². The summed E-state index contributed by atoms with van der Waals surface area (Å²) in [4.78, 5) is 13.7. The number of carbonyl (C=O) groups is 1. The van der Waals surface area contributed by atoms with E-state index in [0.717, 1.165) is 58.5 Å². The lowest BCUT2D eigenvalue weighted by molar-refractivity contribution is 0.0942. The quantitative estimate of drug-likeness (QED) is 0.596. The van der Waals surface area contributed by atoms with Gasteiger partial charge in [0.2, 0.25) is 0 Å². The van der Waals surface area contributed by atoms with Gasteiger partial charge in [-0.1, -0.05) is 37.3 Å². The summed E-state index contributed by atoms with van der Waals surface area (Å²) in [6, 6.07) is 13.5. The first-order chi connectivity index (χ1) is 14.9. The van der Waals surface area contributed by atoms with E-state index in [1.54, 1.807) is 6.07 Å². The van der Waals surface area contributed by atoms with Gasteiger partial charge < -0.3 is 15.6 Å². The standard InChI is InChI=1S/C24H30N4O2S/c1-16-10-12-28(13-11-16)31(30)23-14-22(27(3)17(23)2)24(29)26-15-18-8-9-21(25)20-7-5-4-6-19(18)20/h4-9,14,16H,10-13,15,25H2,1-3H3,(H,26,29). The predicted octanol–water partition coefficient (Wildman–Crippen LogP) is 3.75. The molecule has 1 fully saturated rings. The number of nitrogens with two attached hydrogens (primary N) is 1. The molecule has 1 aliphatic rings. The van der Waals surface area contributed by atoms with Crippen LogP contribution in [0.2, 0.25) is 0 Å². The van der Waals surface area contributed by atoms with Crippen molar-refractivity contribution in [2.45, 2.75) is 38.1 Å². The Labute approximate surface area is 186 Å². The van der Waals surface area contributed by atoms with Crippen LogP contribution in [0.15, 0.2) is 47.4 Å². The van der Waals surface area contributed by atoms with Crippen LogP contribution in [0.3, 0.4) is 0 Å². The Bertz CT molecular complexity index is 1150. The van der Waals surface area contributed by atoms with Crippen LogP contribution >= 0.6 is 0 Å². The summed E-state index contributed by atoms with van der Waals surface area (Å²) < 4.78 is 17.0. The maximum atomic E-state index is 13.2. The second-order valence-electron chi connectivity index (χ2n) is 8.44. The maximum absolute atomic E-state index is 13.2. The highest BCUT2D eigenvalue weighted by atomic mass is 32.2. The van der Waals surface area contributed by atoms with E-state index in [4.69, 9.17) is 5.73 Å². The van der Waals surface area contributed by atoms with Crippen molar-refractivity contribution in [3.63, 3.8) is 0 Å². The molecule has 1 amide bonds. The monoisotopic (exact) mass is 438 g/mol. The molecule has 1 unspecified atom stereocenters. The van der Waals surface area contributed by atoms with E-state index in [1.165, 1.54) is 0 Å². The third-order valence-electron chi connectivity index (χ3n) is 6.37. The highest BCUT2D eigenvalue weighted by molar-refractivity contribution is 7.82. The zero-order valence-corrected chi connectivity index (χ0v) is 19.2. The first-order valence-corrected chi connectivity index (χ1v) is 11.8. The maximum Gasteiger partial charge on any atom is 0.268 e. The SMILES string of the molecule is Cc1c(S(=O)N2CCC(C)CC2)cc(C(=O)NCc2ccc(N)c3ccccc23)n1C. The van der Waals surface area contributed by atoms with Crippen molar-refractivity contribution in [3.05, 3.63) is 59.4 Å². The van der Waals surface area contributed by atoms with E-state index in [9.17, 15) is 9.00 Å². The molecule has 0 radical (unpaired) electrons. The number of carbonyl (C=O) groups excluding carboxylic acids is 1. The van der Waals surface area contributed by atoms with Gasteiger partial charge in [0.25, 0.3) is 5.91 Å². The topological polar surface area (TPSA) is 80.4 Å². The Morgan fingerprint density at radius 2 is 1.84 bits per heavy atom. The summed E-state index contributed by atoms with van der Waals surface area (Å²) >= 11 is 0. The molecule has 1 aliphatic heterocycles. The fraction of sp³-hybridized carbons (Fsp3) is 0.375. The van der Waals surface area contributed by atoms with Gasteiger partial charge in [-0.05, 0) is 48.8 Å². The van der Waals surface area contributed by atoms with E-state index in [-0.39, 0.29) is 5.91 Å². The molecule has 2 heterocycles. The Kier molecular flexibility index (Phi) is 6.16. The van der Waals surface area contributed by atoms with Crippen molar-refractivity contribution < 1.29 is 9.00 Å². The first kappa shape index (κ1) is 21.6. The number of fused-ring (bicyclic) bond motifs is 1. The van der Waals surface area contributed by atoms with Crippen LogP contribution in [0.25, 0.3) is 10.8 Å². The van der Waals surface area contributed by atoms with E-state index in [0.29, 0.717) is 18.2 Å². The van der Waals surface area contributed by atoms with Crippen molar-refractivity contribution in [2.75, 3.05) is 18.8 Å². The van der Waals surface area contributed by atoms with Gasteiger partial charge >= 0.3 is 0 Å². The molecule has 1 saturated heterocycles. The number of amides is 1. The first-order valence-electron chi connectivity index (χ1n) is 10.7. The molecular formula is C24H30N4O2S. The van der Waals surface area contributed by atoms with Crippen molar-refractivity contribution >= 4 is 33.4 Å². The average Bonchev–Trinajstić information content (AvgIpc) is 3.08. The van der Waals surface area contributed by atoms with Gasteiger partial charge in [-0.15, -0.1) is 0 Å². The van der Waals surface area contributed by atoms with E-state index in [1.807, 2.05) is 59.2 Å². The number of hydrogen-bond donors (Lipinski definition) is 2. The smallest absolute Gasteiger partial charge is 0.268 e. The van der Waals surface area contributed by atoms with E-state index < -0.39 is 11.0 Å². The van der Waals surface area contributed by atoms with E-state index in [2.05, 4.69) is 12.2 Å². The van der Waals surface area contributed by atoms with Gasteiger partial charge in [0, 0.05) is 43.4 Å². The summed E-state index contributed by atoms with van der Waals surface area (Å²) in [6.45, 7) is 6.21. The van der Waals surface area contributed by atoms with Crippen molar-refractivity contribution in [3.8, 4) is 0 Å². The molecule has 0 saturated carbocycles. The van der Waals surface area contributed by atoms with Crippen LogP contribution in [0.5, 0.6) is 0 Å². The van der Waals surface area contributed by atoms with Crippen molar-refractivity contribution in [1.82, 2.24) is 14.2 Å². The van der Waals surface area contributed by atoms with Gasteiger partial charge in [-0.25, -0.2) is 8.51 Å². The number of nitrogens with zero attached hydrogens (tertiary/aromatic N) is 2. The molecule has 1 aromatic heterocycles. The van der Waals surface area contributed by atoms with Crippen LogP contribution in [0, 0.1) is 12.8 Å². The molecule has 0 spiro atoms. The molecule has 0 aliphatic carbocycles. The normalized spacial score (nSPS) is 16.5. The number of anilines is 1. The molecule has 1 atom stereocenters. The fourth-order valence-electron chi connectivity index (χ4n) is 4.16. The molecule has 3 aromatic rings. The second kappa shape index (κ2) is 8.85. The number of nitrogens with one attached hydrogen (secondary N) is 1. The number of rotatable bonds is 5. The molecule has 31 heavy (non-hydrogen) atoms. The molecule has 164 valence electrons. The second-order valence-corrected chi connectivity index (χ2v) is 9.90. The number of aromatic nitrogens is 1. The van der Waals surface area contributed by atoms with Gasteiger partial charge in [-0.3, -0.25) is 4.79 Å². The number of piperidine rings is 1. The lowest BCUT2D eigenvalue weighted by Crippen LogP contribution is -2.34. The Morgan fingerprint density at radius 1 is 1.16 bits per heavy atom. The van der Waals surface area contributed by atoms with E-state index >= 15 is 0 Å². The fourth-order valence-corrected chi connectivity index (χ4v) is 5.58. The van der Waals surface area contributed by atoms with Crippen LogP contribution in [-0.4, -0.2) is 32.1 Å². The largest absolute Gasteiger partial charge is 0.398 e. The molecule has 2 aromatic carbocycles.